The molecule has 0 atom stereocenters. The predicted octanol–water partition coefficient (Wildman–Crippen LogP) is 3.37. The normalized spacial score (nSPS) is 10.7. The van der Waals surface area contributed by atoms with Crippen molar-refractivity contribution in [2.24, 2.45) is 0 Å². The third kappa shape index (κ3) is 2.66. The zero-order chi connectivity index (χ0) is 12.4. The molecule has 1 N–H and O–H groups in total. The van der Waals surface area contributed by atoms with Gasteiger partial charge in [0.25, 0.3) is 0 Å². The van der Waals surface area contributed by atoms with Gasteiger partial charge in [0, 0.05) is 12.5 Å². The zero-order valence-electron chi connectivity index (χ0n) is 8.77. The average molecular weight is 290 g/mol. The molecule has 0 aliphatic rings. The van der Waals surface area contributed by atoms with Crippen molar-refractivity contribution in [3.63, 3.8) is 0 Å². The van der Waals surface area contributed by atoms with E-state index in [9.17, 15) is 4.79 Å². The Hall–Kier alpha value is -0.950. The largest absolute Gasteiger partial charge is 0.477 e. The van der Waals surface area contributed by atoms with E-state index >= 15 is 0 Å². The molecule has 0 bridgehead atoms. The minimum absolute atomic E-state index is 0.192. The predicted molar refractivity (Wildman–Crippen MR) is 68.1 cm³/mol. The number of thiophene rings is 1. The summed E-state index contributed by atoms with van der Waals surface area (Å²) < 4.78 is 4.93. The first-order valence-electron chi connectivity index (χ1n) is 4.58. The number of carboxylic acids is 1. The van der Waals surface area contributed by atoms with Crippen molar-refractivity contribution in [1.29, 1.82) is 0 Å². The summed E-state index contributed by atoms with van der Waals surface area (Å²) in [6.45, 7) is 0.192. The number of rotatable bonds is 4. The summed E-state index contributed by atoms with van der Waals surface area (Å²) in [6, 6.07) is 1.77. The van der Waals surface area contributed by atoms with Crippen molar-refractivity contribution >= 4 is 40.2 Å². The maximum atomic E-state index is 11.0. The number of aromatic carboxylic acids is 1. The second kappa shape index (κ2) is 5.14. The highest BCUT2D eigenvalue weighted by molar-refractivity contribution is 7.22. The van der Waals surface area contributed by atoms with Crippen molar-refractivity contribution in [1.82, 2.24) is 4.98 Å². The van der Waals surface area contributed by atoms with E-state index in [2.05, 4.69) is 4.98 Å². The van der Waals surface area contributed by atoms with E-state index in [1.165, 1.54) is 18.4 Å². The second-order valence-electron chi connectivity index (χ2n) is 3.16. The van der Waals surface area contributed by atoms with Gasteiger partial charge in [0.2, 0.25) is 0 Å². The Morgan fingerprint density at radius 2 is 2.41 bits per heavy atom. The van der Waals surface area contributed by atoms with Gasteiger partial charge >= 0.3 is 5.97 Å². The lowest BCUT2D eigenvalue weighted by Crippen LogP contribution is -1.99. The number of thiazole rings is 1. The zero-order valence-corrected chi connectivity index (χ0v) is 11.2. The molecule has 0 aliphatic heterocycles. The average Bonchev–Trinajstić information content (AvgIpc) is 2.85. The summed E-state index contributed by atoms with van der Waals surface area (Å²) in [6.07, 6.45) is 0. The number of nitrogens with zero attached hydrogens (tertiary/aromatic N) is 1. The molecule has 90 valence electrons. The second-order valence-corrected chi connectivity index (χ2v) is 5.51. The molecular formula is C10H8ClNO3S2. The quantitative estimate of drug-likeness (QED) is 0.937. The maximum absolute atomic E-state index is 11.0. The van der Waals surface area contributed by atoms with Gasteiger partial charge in [0.05, 0.1) is 22.2 Å². The number of hydrogen-bond donors (Lipinski definition) is 1. The van der Waals surface area contributed by atoms with Crippen LogP contribution in [0.1, 0.15) is 15.4 Å². The number of aromatic nitrogens is 1. The Morgan fingerprint density at radius 3 is 2.94 bits per heavy atom. The lowest BCUT2D eigenvalue weighted by Gasteiger charge is -1.94. The molecule has 0 unspecified atom stereocenters. The third-order valence-corrected chi connectivity index (χ3v) is 4.48. The minimum atomic E-state index is -0.983. The molecule has 2 aromatic heterocycles. The SMILES string of the molecule is COCc1nc(-c2cc(Cl)cs2)sc1C(=O)O. The van der Waals surface area contributed by atoms with Crippen LogP contribution in [0.4, 0.5) is 0 Å². The van der Waals surface area contributed by atoms with Crippen LogP contribution in [0, 0.1) is 0 Å². The molecule has 0 aromatic carbocycles. The van der Waals surface area contributed by atoms with Crippen molar-refractivity contribution in [2.45, 2.75) is 6.61 Å². The first-order valence-corrected chi connectivity index (χ1v) is 6.65. The van der Waals surface area contributed by atoms with Crippen molar-refractivity contribution in [2.75, 3.05) is 7.11 Å². The Morgan fingerprint density at radius 1 is 1.65 bits per heavy atom. The molecule has 0 radical (unpaired) electrons. The molecule has 0 saturated heterocycles. The molecular weight excluding hydrogens is 282 g/mol. The van der Waals surface area contributed by atoms with Crippen LogP contribution in [-0.4, -0.2) is 23.2 Å². The lowest BCUT2D eigenvalue weighted by molar-refractivity contribution is 0.0697. The van der Waals surface area contributed by atoms with Crippen molar-refractivity contribution in [3.05, 3.63) is 27.0 Å². The Kier molecular flexibility index (Phi) is 3.78. The highest BCUT2D eigenvalue weighted by atomic mass is 35.5. The monoisotopic (exact) mass is 289 g/mol. The van der Waals surface area contributed by atoms with Crippen molar-refractivity contribution in [3.8, 4) is 9.88 Å². The van der Waals surface area contributed by atoms with Gasteiger partial charge in [-0.2, -0.15) is 0 Å². The molecule has 7 heteroatoms. The number of carbonyl (C=O) groups is 1. The highest BCUT2D eigenvalue weighted by Gasteiger charge is 2.18. The van der Waals surface area contributed by atoms with Crippen LogP contribution in [0.3, 0.4) is 0 Å². The number of ether oxygens (including phenoxy) is 1. The third-order valence-electron chi connectivity index (χ3n) is 1.95. The fraction of sp³-hybridized carbons (Fsp3) is 0.200. The molecule has 0 aliphatic carbocycles. The maximum Gasteiger partial charge on any atom is 0.347 e. The molecule has 2 rings (SSSR count). The van der Waals surface area contributed by atoms with E-state index < -0.39 is 5.97 Å². The van der Waals surface area contributed by atoms with Gasteiger partial charge in [-0.15, -0.1) is 22.7 Å². The summed E-state index contributed by atoms with van der Waals surface area (Å²) in [4.78, 5) is 16.4. The summed E-state index contributed by atoms with van der Waals surface area (Å²) in [5.41, 5.74) is 0.449. The summed E-state index contributed by atoms with van der Waals surface area (Å²) in [7, 11) is 1.51. The standard InChI is InChI=1S/C10H8ClNO3S2/c1-15-3-6-8(10(13)14)17-9(12-6)7-2-5(11)4-16-7/h2,4H,3H2,1H3,(H,13,14). The van der Waals surface area contributed by atoms with Crippen LogP contribution in [0.5, 0.6) is 0 Å². The van der Waals surface area contributed by atoms with Crippen LogP contribution in [-0.2, 0) is 11.3 Å². The van der Waals surface area contributed by atoms with E-state index in [-0.39, 0.29) is 11.5 Å². The summed E-state index contributed by atoms with van der Waals surface area (Å²) in [5, 5.41) is 12.1. The fourth-order valence-electron chi connectivity index (χ4n) is 1.28. The topological polar surface area (TPSA) is 59.4 Å². The van der Waals surface area contributed by atoms with Gasteiger partial charge in [-0.05, 0) is 6.07 Å². The van der Waals surface area contributed by atoms with E-state index in [1.54, 1.807) is 11.4 Å². The van der Waals surface area contributed by atoms with E-state index in [4.69, 9.17) is 21.4 Å². The molecule has 2 heterocycles. The van der Waals surface area contributed by atoms with E-state index in [1.807, 2.05) is 0 Å². The first-order chi connectivity index (χ1) is 8.11. The molecule has 0 fully saturated rings. The van der Waals surface area contributed by atoms with Crippen LogP contribution in [0.25, 0.3) is 9.88 Å². The molecule has 17 heavy (non-hydrogen) atoms. The number of hydrogen-bond acceptors (Lipinski definition) is 5. The first kappa shape index (κ1) is 12.5. The van der Waals surface area contributed by atoms with E-state index in [0.717, 1.165) is 16.2 Å². The summed E-state index contributed by atoms with van der Waals surface area (Å²) in [5.74, 6) is -0.983. The molecule has 0 spiro atoms. The Labute approximate surface area is 110 Å². The Balaban J connectivity index is 2.43. The van der Waals surface area contributed by atoms with Gasteiger partial charge in [-0.1, -0.05) is 11.6 Å². The molecule has 2 aromatic rings. The van der Waals surface area contributed by atoms with Crippen LogP contribution in [0.15, 0.2) is 11.4 Å². The van der Waals surface area contributed by atoms with Crippen LogP contribution >= 0.6 is 34.3 Å². The fourth-order valence-corrected chi connectivity index (χ4v) is 3.33. The van der Waals surface area contributed by atoms with Crippen LogP contribution < -0.4 is 0 Å². The summed E-state index contributed by atoms with van der Waals surface area (Å²) >= 11 is 8.40. The van der Waals surface area contributed by atoms with Gasteiger partial charge in [-0.25, -0.2) is 9.78 Å². The van der Waals surface area contributed by atoms with Gasteiger partial charge in [0.15, 0.2) is 0 Å². The number of carboxylic acid groups (broad SMARTS) is 1. The van der Waals surface area contributed by atoms with E-state index in [0.29, 0.717) is 15.7 Å². The lowest BCUT2D eigenvalue weighted by atomic mass is 10.4. The molecule has 0 saturated carbocycles. The smallest absolute Gasteiger partial charge is 0.347 e. The number of halogens is 1. The molecule has 4 nitrogen and oxygen atoms in total. The van der Waals surface area contributed by atoms with Gasteiger partial charge in [-0.3, -0.25) is 0 Å². The Bertz CT molecular complexity index is 549. The minimum Gasteiger partial charge on any atom is -0.477 e. The number of methoxy groups -OCH3 is 1. The highest BCUT2D eigenvalue weighted by Crippen LogP contribution is 2.34. The van der Waals surface area contributed by atoms with Crippen LogP contribution in [0.2, 0.25) is 5.02 Å². The van der Waals surface area contributed by atoms with Gasteiger partial charge < -0.3 is 9.84 Å². The van der Waals surface area contributed by atoms with Crippen molar-refractivity contribution < 1.29 is 14.6 Å². The molecule has 0 amide bonds. The van der Waals surface area contributed by atoms with Gasteiger partial charge in [0.1, 0.15) is 9.88 Å².